The van der Waals surface area contributed by atoms with Gasteiger partial charge in [-0.15, -0.1) is 0 Å². The summed E-state index contributed by atoms with van der Waals surface area (Å²) in [6.45, 7) is 4.82. The van der Waals surface area contributed by atoms with Gasteiger partial charge in [-0.2, -0.15) is 0 Å². The zero-order valence-electron chi connectivity index (χ0n) is 11.1. The summed E-state index contributed by atoms with van der Waals surface area (Å²) in [7, 11) is 0. The van der Waals surface area contributed by atoms with Gasteiger partial charge in [0.25, 0.3) is 0 Å². The number of aromatic nitrogens is 1. The molecule has 3 nitrogen and oxygen atoms in total. The fourth-order valence-electron chi connectivity index (χ4n) is 1.81. The van der Waals surface area contributed by atoms with Crippen molar-refractivity contribution in [1.82, 2.24) is 10.3 Å². The van der Waals surface area contributed by atoms with Crippen LogP contribution < -0.4 is 10.6 Å². The number of hydrogen-bond donors (Lipinski definition) is 2. The highest BCUT2D eigenvalue weighted by atomic mass is 32.1. The molecule has 4 heteroatoms. The third kappa shape index (κ3) is 4.03. The van der Waals surface area contributed by atoms with Gasteiger partial charge >= 0.3 is 0 Å². The summed E-state index contributed by atoms with van der Waals surface area (Å²) in [6.07, 6.45) is 3.59. The van der Waals surface area contributed by atoms with Gasteiger partial charge < -0.3 is 10.6 Å². The van der Waals surface area contributed by atoms with Crippen molar-refractivity contribution in [3.8, 4) is 0 Å². The normalized spacial score (nSPS) is 10.0. The van der Waals surface area contributed by atoms with Crippen molar-refractivity contribution < 1.29 is 0 Å². The van der Waals surface area contributed by atoms with E-state index in [0.29, 0.717) is 11.7 Å². The van der Waals surface area contributed by atoms with Gasteiger partial charge in [0.1, 0.15) is 0 Å². The van der Waals surface area contributed by atoms with E-state index in [9.17, 15) is 0 Å². The predicted octanol–water partition coefficient (Wildman–Crippen LogP) is 3.19. The lowest BCUT2D eigenvalue weighted by Crippen LogP contribution is -2.28. The van der Waals surface area contributed by atoms with Crippen LogP contribution in [0.4, 0.5) is 5.69 Å². The first-order valence-electron chi connectivity index (χ1n) is 6.16. The van der Waals surface area contributed by atoms with Crippen LogP contribution in [0.15, 0.2) is 42.7 Å². The maximum Gasteiger partial charge on any atom is 0.171 e. The van der Waals surface area contributed by atoms with Gasteiger partial charge in [0.2, 0.25) is 0 Å². The lowest BCUT2D eigenvalue weighted by Gasteiger charge is -2.12. The van der Waals surface area contributed by atoms with Crippen molar-refractivity contribution in [1.29, 1.82) is 0 Å². The van der Waals surface area contributed by atoms with Gasteiger partial charge in [0.05, 0.1) is 0 Å². The van der Waals surface area contributed by atoms with Gasteiger partial charge in [0, 0.05) is 24.6 Å². The zero-order valence-corrected chi connectivity index (χ0v) is 11.9. The molecule has 0 spiro atoms. The Labute approximate surface area is 119 Å². The van der Waals surface area contributed by atoms with Gasteiger partial charge in [-0.1, -0.05) is 23.8 Å². The summed E-state index contributed by atoms with van der Waals surface area (Å²) in [4.78, 5) is 4.07. The average molecular weight is 271 g/mol. The monoisotopic (exact) mass is 271 g/mol. The van der Waals surface area contributed by atoms with Crippen LogP contribution in [0.1, 0.15) is 16.7 Å². The van der Waals surface area contributed by atoms with Crippen LogP contribution in [0.5, 0.6) is 0 Å². The Balaban J connectivity index is 1.91. The first-order valence-corrected chi connectivity index (χ1v) is 6.57. The minimum absolute atomic E-state index is 0.621. The molecular formula is C15H17N3S. The van der Waals surface area contributed by atoms with Gasteiger partial charge in [-0.05, 0) is 49.3 Å². The zero-order chi connectivity index (χ0) is 13.7. The quantitative estimate of drug-likeness (QED) is 0.841. The topological polar surface area (TPSA) is 37.0 Å². The first-order chi connectivity index (χ1) is 9.15. The molecule has 0 saturated heterocycles. The van der Waals surface area contributed by atoms with Crippen LogP contribution in [0.25, 0.3) is 0 Å². The Hall–Kier alpha value is -1.94. The maximum atomic E-state index is 5.29. The highest BCUT2D eigenvalue weighted by molar-refractivity contribution is 7.80. The van der Waals surface area contributed by atoms with E-state index in [4.69, 9.17) is 12.2 Å². The van der Waals surface area contributed by atoms with E-state index < -0.39 is 0 Å². The van der Waals surface area contributed by atoms with Crippen molar-refractivity contribution in [2.45, 2.75) is 20.4 Å². The Morgan fingerprint density at radius 3 is 2.79 bits per heavy atom. The van der Waals surface area contributed by atoms with E-state index in [-0.39, 0.29) is 0 Å². The molecule has 1 aromatic carbocycles. The molecule has 98 valence electrons. The number of hydrogen-bond acceptors (Lipinski definition) is 2. The lowest BCUT2D eigenvalue weighted by molar-refractivity contribution is 0.916. The molecule has 2 rings (SSSR count). The molecule has 0 amide bonds. The van der Waals surface area contributed by atoms with Crippen molar-refractivity contribution in [3.05, 3.63) is 59.4 Å². The molecule has 0 aliphatic heterocycles. The van der Waals surface area contributed by atoms with Crippen LogP contribution in [-0.2, 0) is 6.54 Å². The Morgan fingerprint density at radius 2 is 2.11 bits per heavy atom. The Bertz CT molecular complexity index is 567. The largest absolute Gasteiger partial charge is 0.358 e. The van der Waals surface area contributed by atoms with Crippen molar-refractivity contribution in [2.75, 3.05) is 5.32 Å². The van der Waals surface area contributed by atoms with E-state index in [1.807, 2.05) is 24.4 Å². The number of rotatable bonds is 3. The second kappa shape index (κ2) is 6.29. The minimum atomic E-state index is 0.621. The third-order valence-electron chi connectivity index (χ3n) is 2.81. The van der Waals surface area contributed by atoms with Crippen LogP contribution >= 0.6 is 12.2 Å². The number of nitrogens with zero attached hydrogens (tertiary/aromatic N) is 1. The first kappa shape index (κ1) is 13.5. The summed E-state index contributed by atoms with van der Waals surface area (Å²) in [5, 5.41) is 7.00. The molecule has 0 saturated carbocycles. The summed E-state index contributed by atoms with van der Waals surface area (Å²) in [5.74, 6) is 0. The van der Waals surface area contributed by atoms with Gasteiger partial charge in [0.15, 0.2) is 5.11 Å². The molecule has 0 aliphatic rings. The summed E-state index contributed by atoms with van der Waals surface area (Å²) in [5.41, 5.74) is 4.57. The molecule has 0 bridgehead atoms. The average Bonchev–Trinajstić information content (AvgIpc) is 2.41. The van der Waals surface area contributed by atoms with E-state index in [2.05, 4.69) is 41.6 Å². The number of aryl methyl sites for hydroxylation is 2. The lowest BCUT2D eigenvalue weighted by atomic mass is 10.1. The molecule has 0 aliphatic carbocycles. The number of nitrogens with one attached hydrogen (secondary N) is 2. The third-order valence-corrected chi connectivity index (χ3v) is 3.05. The van der Waals surface area contributed by atoms with Crippen LogP contribution in [0.3, 0.4) is 0 Å². The molecule has 0 radical (unpaired) electrons. The standard InChI is InChI=1S/C15H17N3S/c1-11-5-6-14(12(2)8-11)18-15(19)17-10-13-4-3-7-16-9-13/h3-9H,10H2,1-2H3,(H2,17,18,19). The highest BCUT2D eigenvalue weighted by Crippen LogP contribution is 2.15. The molecular weight excluding hydrogens is 254 g/mol. The summed E-state index contributed by atoms with van der Waals surface area (Å²) >= 11 is 5.29. The fourth-order valence-corrected chi connectivity index (χ4v) is 1.99. The molecule has 19 heavy (non-hydrogen) atoms. The van der Waals surface area contributed by atoms with Crippen molar-refractivity contribution >= 4 is 23.0 Å². The van der Waals surface area contributed by atoms with E-state index in [0.717, 1.165) is 11.3 Å². The fraction of sp³-hybridized carbons (Fsp3) is 0.200. The van der Waals surface area contributed by atoms with Crippen LogP contribution in [-0.4, -0.2) is 10.1 Å². The van der Waals surface area contributed by atoms with E-state index in [1.165, 1.54) is 11.1 Å². The molecule has 0 unspecified atom stereocenters. The predicted molar refractivity (Wildman–Crippen MR) is 83.2 cm³/mol. The summed E-state index contributed by atoms with van der Waals surface area (Å²) in [6, 6.07) is 10.2. The van der Waals surface area contributed by atoms with Crippen molar-refractivity contribution in [2.24, 2.45) is 0 Å². The molecule has 2 aromatic rings. The Morgan fingerprint density at radius 1 is 1.26 bits per heavy atom. The summed E-state index contributed by atoms with van der Waals surface area (Å²) < 4.78 is 0. The van der Waals surface area contributed by atoms with Gasteiger partial charge in [-0.25, -0.2) is 0 Å². The molecule has 1 heterocycles. The van der Waals surface area contributed by atoms with Gasteiger partial charge in [-0.3, -0.25) is 4.98 Å². The van der Waals surface area contributed by atoms with E-state index in [1.54, 1.807) is 6.20 Å². The molecule has 2 N–H and O–H groups in total. The number of benzene rings is 1. The highest BCUT2D eigenvalue weighted by Gasteiger charge is 2.01. The van der Waals surface area contributed by atoms with E-state index >= 15 is 0 Å². The van der Waals surface area contributed by atoms with Crippen molar-refractivity contribution in [3.63, 3.8) is 0 Å². The number of thiocarbonyl (C=S) groups is 1. The van der Waals surface area contributed by atoms with Crippen LogP contribution in [0, 0.1) is 13.8 Å². The number of pyridine rings is 1. The number of anilines is 1. The molecule has 0 atom stereocenters. The SMILES string of the molecule is Cc1ccc(NC(=S)NCc2cccnc2)c(C)c1. The maximum absolute atomic E-state index is 5.29. The molecule has 1 aromatic heterocycles. The smallest absolute Gasteiger partial charge is 0.171 e. The Kier molecular flexibility index (Phi) is 4.47. The minimum Gasteiger partial charge on any atom is -0.358 e. The van der Waals surface area contributed by atoms with Crippen LogP contribution in [0.2, 0.25) is 0 Å². The molecule has 0 fully saturated rings. The second-order valence-electron chi connectivity index (χ2n) is 4.49. The second-order valence-corrected chi connectivity index (χ2v) is 4.90.